The molecule has 0 radical (unpaired) electrons. The summed E-state index contributed by atoms with van der Waals surface area (Å²) in [5.74, 6) is 0.250. The summed E-state index contributed by atoms with van der Waals surface area (Å²) in [5.41, 5.74) is 0.797. The van der Waals surface area contributed by atoms with E-state index in [0.29, 0.717) is 10.7 Å². The highest BCUT2D eigenvalue weighted by Crippen LogP contribution is 2.33. The largest absolute Gasteiger partial charge is 0.504 e. The number of hydrogen-bond acceptors (Lipinski definition) is 6. The molecule has 0 aromatic heterocycles. The lowest BCUT2D eigenvalue weighted by Gasteiger charge is -2.32. The average molecular weight is 333 g/mol. The topological polar surface area (TPSA) is 65.4 Å². The van der Waals surface area contributed by atoms with Crippen molar-refractivity contribution in [3.05, 3.63) is 28.7 Å². The van der Waals surface area contributed by atoms with Crippen LogP contribution in [0.4, 0.5) is 0 Å². The highest BCUT2D eigenvalue weighted by molar-refractivity contribution is 8.18. The minimum Gasteiger partial charge on any atom is -0.504 e. The highest BCUT2D eigenvalue weighted by atomic mass is 32.2. The fraction of sp³-hybridized carbons (Fsp3) is 0.375. The van der Waals surface area contributed by atoms with E-state index in [1.165, 1.54) is 18.9 Å². The van der Waals surface area contributed by atoms with Gasteiger partial charge in [0.25, 0.3) is 5.91 Å². The molecule has 23 heavy (non-hydrogen) atoms. The lowest BCUT2D eigenvalue weighted by molar-refractivity contribution is -0.113. The second kappa shape index (κ2) is 6.64. The third kappa shape index (κ3) is 3.51. The molecule has 6 nitrogen and oxygen atoms in total. The number of phenols is 1. The zero-order valence-electron chi connectivity index (χ0n) is 13.2. The third-order valence-corrected chi connectivity index (χ3v) is 4.93. The van der Waals surface area contributed by atoms with Gasteiger partial charge < -0.3 is 19.6 Å². The summed E-state index contributed by atoms with van der Waals surface area (Å²) >= 11 is 1.40. The lowest BCUT2D eigenvalue weighted by atomic mass is 10.2. The molecule has 1 aromatic rings. The summed E-state index contributed by atoms with van der Waals surface area (Å²) in [6, 6.07) is 4.99. The van der Waals surface area contributed by atoms with Crippen molar-refractivity contribution in [1.29, 1.82) is 0 Å². The molecule has 122 valence electrons. The Hall–Kier alpha value is -1.99. The average Bonchev–Trinajstić information content (AvgIpc) is 2.91. The maximum Gasteiger partial charge on any atom is 0.286 e. The lowest BCUT2D eigenvalue weighted by Crippen LogP contribution is -2.46. The minimum atomic E-state index is -0.212. The van der Waals surface area contributed by atoms with E-state index in [2.05, 4.69) is 21.8 Å². The standard InChI is InChI=1S/C16H19N3O3S/c1-18-5-7-19(8-6-18)16-17-15(21)14(23-16)10-11-3-4-12(20)13(9-11)22-2/h3-4,9-10,20H,5-8H2,1-2H3/b14-10+. The van der Waals surface area contributed by atoms with Gasteiger partial charge in [-0.15, -0.1) is 0 Å². The maximum atomic E-state index is 12.1. The Bertz CT molecular complexity index is 679. The molecule has 1 amide bonds. The van der Waals surface area contributed by atoms with Gasteiger partial charge in [0, 0.05) is 26.2 Å². The van der Waals surface area contributed by atoms with Crippen molar-refractivity contribution in [2.45, 2.75) is 0 Å². The highest BCUT2D eigenvalue weighted by Gasteiger charge is 2.27. The van der Waals surface area contributed by atoms with Crippen molar-refractivity contribution >= 4 is 28.9 Å². The Morgan fingerprint density at radius 1 is 1.30 bits per heavy atom. The number of benzene rings is 1. The predicted molar refractivity (Wildman–Crippen MR) is 91.7 cm³/mol. The summed E-state index contributed by atoms with van der Waals surface area (Å²) in [7, 11) is 3.59. The van der Waals surface area contributed by atoms with Gasteiger partial charge in [-0.05, 0) is 42.6 Å². The van der Waals surface area contributed by atoms with E-state index in [0.717, 1.165) is 36.9 Å². The van der Waals surface area contributed by atoms with Crippen LogP contribution in [0.25, 0.3) is 6.08 Å². The van der Waals surface area contributed by atoms with Gasteiger partial charge in [-0.1, -0.05) is 6.07 Å². The van der Waals surface area contributed by atoms with Crippen LogP contribution in [0.15, 0.2) is 28.1 Å². The van der Waals surface area contributed by atoms with Crippen molar-refractivity contribution in [2.75, 3.05) is 40.3 Å². The van der Waals surface area contributed by atoms with Crippen LogP contribution < -0.4 is 4.74 Å². The Morgan fingerprint density at radius 2 is 2.04 bits per heavy atom. The number of likely N-dealkylation sites (N-methyl/N-ethyl adjacent to an activating group) is 1. The molecule has 3 rings (SSSR count). The van der Waals surface area contributed by atoms with E-state index in [1.807, 2.05) is 0 Å². The molecule has 0 unspecified atom stereocenters. The van der Waals surface area contributed by atoms with Crippen LogP contribution in [0.1, 0.15) is 5.56 Å². The molecule has 0 saturated carbocycles. The third-order valence-electron chi connectivity index (χ3n) is 3.88. The number of carbonyl (C=O) groups is 1. The number of amides is 1. The van der Waals surface area contributed by atoms with E-state index in [-0.39, 0.29) is 11.7 Å². The quantitative estimate of drug-likeness (QED) is 0.830. The first-order valence-electron chi connectivity index (χ1n) is 7.40. The molecule has 1 fully saturated rings. The van der Waals surface area contributed by atoms with Crippen molar-refractivity contribution in [3.8, 4) is 11.5 Å². The molecule has 0 atom stereocenters. The number of aliphatic imine (C=N–C) groups is 1. The molecule has 0 bridgehead atoms. The first-order chi connectivity index (χ1) is 11.1. The van der Waals surface area contributed by atoms with Gasteiger partial charge in [0.05, 0.1) is 12.0 Å². The van der Waals surface area contributed by atoms with Gasteiger partial charge >= 0.3 is 0 Å². The van der Waals surface area contributed by atoms with Crippen LogP contribution in [0.2, 0.25) is 0 Å². The van der Waals surface area contributed by atoms with Crippen molar-refractivity contribution < 1.29 is 14.6 Å². The normalized spacial score (nSPS) is 21.0. The van der Waals surface area contributed by atoms with Gasteiger partial charge in [0.1, 0.15) is 0 Å². The molecule has 2 heterocycles. The molecule has 7 heteroatoms. The summed E-state index contributed by atoms with van der Waals surface area (Å²) in [4.78, 5) is 21.3. The van der Waals surface area contributed by atoms with E-state index in [9.17, 15) is 9.90 Å². The van der Waals surface area contributed by atoms with Crippen molar-refractivity contribution in [3.63, 3.8) is 0 Å². The van der Waals surface area contributed by atoms with Crippen LogP contribution in [-0.4, -0.2) is 66.3 Å². The summed E-state index contributed by atoms with van der Waals surface area (Å²) in [6.45, 7) is 3.72. The fourth-order valence-corrected chi connectivity index (χ4v) is 3.43. The summed E-state index contributed by atoms with van der Waals surface area (Å²) in [6.07, 6.45) is 1.78. The molecule has 0 aliphatic carbocycles. The van der Waals surface area contributed by atoms with Crippen LogP contribution >= 0.6 is 11.8 Å². The molecule has 1 N–H and O–H groups in total. The monoisotopic (exact) mass is 333 g/mol. The van der Waals surface area contributed by atoms with Gasteiger partial charge in [-0.25, -0.2) is 0 Å². The van der Waals surface area contributed by atoms with Crippen molar-refractivity contribution in [1.82, 2.24) is 9.80 Å². The number of hydrogen-bond donors (Lipinski definition) is 1. The van der Waals surface area contributed by atoms with E-state index >= 15 is 0 Å². The maximum absolute atomic E-state index is 12.1. The van der Waals surface area contributed by atoms with Crippen LogP contribution in [0, 0.1) is 0 Å². The predicted octanol–water partition coefficient (Wildman–Crippen LogP) is 1.62. The van der Waals surface area contributed by atoms with Gasteiger partial charge in [-0.3, -0.25) is 4.79 Å². The number of thioether (sulfide) groups is 1. The van der Waals surface area contributed by atoms with Crippen LogP contribution in [0.3, 0.4) is 0 Å². The number of nitrogens with zero attached hydrogens (tertiary/aromatic N) is 3. The number of carbonyl (C=O) groups excluding carboxylic acids is 1. The molecule has 2 aliphatic heterocycles. The molecule has 2 aliphatic rings. The van der Waals surface area contributed by atoms with Crippen LogP contribution in [0.5, 0.6) is 11.5 Å². The molecular formula is C16H19N3O3S. The zero-order valence-corrected chi connectivity index (χ0v) is 14.0. The summed E-state index contributed by atoms with van der Waals surface area (Å²) < 4.78 is 5.09. The Kier molecular flexibility index (Phi) is 4.58. The first-order valence-corrected chi connectivity index (χ1v) is 8.21. The SMILES string of the molecule is COc1cc(/C=C2/SC(N3CCN(C)CC3)=NC2=O)ccc1O. The molecule has 0 spiro atoms. The number of amidine groups is 1. The zero-order chi connectivity index (χ0) is 16.4. The Labute approximate surface area is 139 Å². The second-order valence-corrected chi connectivity index (χ2v) is 6.54. The van der Waals surface area contributed by atoms with Gasteiger partial charge in [0.2, 0.25) is 0 Å². The Morgan fingerprint density at radius 3 is 2.74 bits per heavy atom. The van der Waals surface area contributed by atoms with Crippen LogP contribution in [-0.2, 0) is 4.79 Å². The number of methoxy groups -OCH3 is 1. The minimum absolute atomic E-state index is 0.0782. The van der Waals surface area contributed by atoms with E-state index < -0.39 is 0 Å². The fourth-order valence-electron chi connectivity index (χ4n) is 2.47. The van der Waals surface area contributed by atoms with Gasteiger partial charge in [0.15, 0.2) is 16.7 Å². The first kappa shape index (κ1) is 15.9. The number of aromatic hydroxyl groups is 1. The van der Waals surface area contributed by atoms with Gasteiger partial charge in [-0.2, -0.15) is 4.99 Å². The Balaban J connectivity index is 1.74. The number of phenolic OH excluding ortho intramolecular Hbond substituents is 1. The smallest absolute Gasteiger partial charge is 0.286 e. The van der Waals surface area contributed by atoms with Crippen molar-refractivity contribution in [2.24, 2.45) is 4.99 Å². The second-order valence-electron chi connectivity index (χ2n) is 5.53. The number of rotatable bonds is 2. The molecule has 1 saturated heterocycles. The number of piperazine rings is 1. The number of ether oxygens (including phenoxy) is 1. The molecular weight excluding hydrogens is 314 g/mol. The van der Waals surface area contributed by atoms with E-state index in [1.54, 1.807) is 24.3 Å². The van der Waals surface area contributed by atoms with E-state index in [4.69, 9.17) is 4.74 Å². The summed E-state index contributed by atoms with van der Waals surface area (Å²) in [5, 5.41) is 10.4. The molecule has 1 aromatic carbocycles.